The number of rotatable bonds is 4. The largest absolute Gasteiger partial charge is 0.396 e. The van der Waals surface area contributed by atoms with Crippen LogP contribution >= 0.6 is 0 Å². The molecule has 1 saturated carbocycles. The van der Waals surface area contributed by atoms with Crippen LogP contribution in [0.3, 0.4) is 0 Å². The van der Waals surface area contributed by atoms with E-state index in [0.717, 1.165) is 0 Å². The number of anilines is 2. The van der Waals surface area contributed by atoms with Crippen LogP contribution in [0.5, 0.6) is 0 Å². The maximum Gasteiger partial charge on any atom is 0.143 e. The topological polar surface area (TPSA) is 95.0 Å². The van der Waals surface area contributed by atoms with Gasteiger partial charge in [-0.3, -0.25) is 0 Å². The molecule has 1 aliphatic carbocycles. The first kappa shape index (κ1) is 12.6. The number of halogens is 1. The van der Waals surface area contributed by atoms with Crippen molar-refractivity contribution >= 4 is 11.5 Å². The van der Waals surface area contributed by atoms with Crippen LogP contribution in [0.15, 0.2) is 12.3 Å². The van der Waals surface area contributed by atoms with Gasteiger partial charge in [0.05, 0.1) is 5.69 Å². The molecule has 0 atom stereocenters. The number of pyridine rings is 1. The Morgan fingerprint density at radius 3 is 3.00 bits per heavy atom. The highest BCUT2D eigenvalue weighted by Crippen LogP contribution is 2.41. The highest BCUT2D eigenvalue weighted by Gasteiger charge is 2.44. The summed E-state index contributed by atoms with van der Waals surface area (Å²) >= 11 is 0. The molecule has 0 amide bonds. The van der Waals surface area contributed by atoms with Gasteiger partial charge in [0, 0.05) is 19.3 Å². The van der Waals surface area contributed by atoms with Gasteiger partial charge < -0.3 is 16.2 Å². The molecule has 1 heterocycles. The summed E-state index contributed by atoms with van der Waals surface area (Å²) in [6, 6.07) is 3.54. The molecule has 0 bridgehead atoms. The lowest BCUT2D eigenvalue weighted by Gasteiger charge is -2.40. The average molecular weight is 250 g/mol. The second kappa shape index (κ2) is 4.78. The molecule has 1 aliphatic rings. The number of aliphatic hydroxyl groups is 1. The van der Waals surface area contributed by atoms with Crippen LogP contribution in [0.25, 0.3) is 0 Å². The Labute approximate surface area is 104 Å². The van der Waals surface area contributed by atoms with Gasteiger partial charge >= 0.3 is 0 Å². The van der Waals surface area contributed by atoms with E-state index in [4.69, 9.17) is 16.1 Å². The normalized spacial score (nSPS) is 26.2. The van der Waals surface area contributed by atoms with Gasteiger partial charge in [0.1, 0.15) is 23.1 Å². The summed E-state index contributed by atoms with van der Waals surface area (Å²) < 4.78 is 14.1. The average Bonchev–Trinajstić information content (AvgIpc) is 2.33. The second-order valence-electron chi connectivity index (χ2n) is 4.69. The van der Waals surface area contributed by atoms with Crippen LogP contribution in [-0.2, 0) is 0 Å². The molecule has 5 nitrogen and oxygen atoms in total. The number of hydrogen-bond acceptors (Lipinski definition) is 5. The summed E-state index contributed by atoms with van der Waals surface area (Å²) in [6.45, 7) is 0.138. The molecule has 6 heteroatoms. The van der Waals surface area contributed by atoms with Crippen LogP contribution in [0, 0.1) is 17.2 Å². The van der Waals surface area contributed by atoms with Gasteiger partial charge in [0.15, 0.2) is 0 Å². The number of nitrogen functional groups attached to an aromatic ring is 1. The fourth-order valence-electron chi connectivity index (χ4n) is 2.24. The molecule has 1 aromatic rings. The molecule has 4 N–H and O–H groups in total. The van der Waals surface area contributed by atoms with E-state index in [1.807, 2.05) is 6.07 Å². The van der Waals surface area contributed by atoms with Gasteiger partial charge in [-0.2, -0.15) is 5.26 Å². The number of nitrogens with one attached hydrogen (secondary N) is 1. The van der Waals surface area contributed by atoms with Crippen LogP contribution in [0.2, 0.25) is 0 Å². The number of aromatic nitrogens is 1. The predicted octanol–water partition coefficient (Wildman–Crippen LogP) is 1.06. The third-order valence-corrected chi connectivity index (χ3v) is 3.25. The zero-order valence-electron chi connectivity index (χ0n) is 9.86. The van der Waals surface area contributed by atoms with Gasteiger partial charge in [-0.1, -0.05) is 0 Å². The van der Waals surface area contributed by atoms with Crippen molar-refractivity contribution in [1.29, 1.82) is 5.26 Å². The van der Waals surface area contributed by atoms with Crippen molar-refractivity contribution in [2.24, 2.45) is 5.92 Å². The molecule has 0 radical (unpaired) electrons. The van der Waals surface area contributed by atoms with Gasteiger partial charge in [-0.05, 0) is 24.8 Å². The molecular formula is C12H15FN4O. The van der Waals surface area contributed by atoms with Crippen molar-refractivity contribution in [2.75, 3.05) is 24.2 Å². The lowest BCUT2D eigenvalue weighted by Crippen LogP contribution is -2.46. The molecule has 96 valence electrons. The van der Waals surface area contributed by atoms with E-state index in [2.05, 4.69) is 10.3 Å². The molecular weight excluding hydrogens is 235 g/mol. The number of nitrogens with two attached hydrogens (primary N) is 1. The Morgan fingerprint density at radius 1 is 1.67 bits per heavy atom. The van der Waals surface area contributed by atoms with Gasteiger partial charge in [0.25, 0.3) is 0 Å². The molecule has 1 aromatic heterocycles. The molecule has 0 aromatic carbocycles. The summed E-state index contributed by atoms with van der Waals surface area (Å²) in [7, 11) is 0. The first-order valence-electron chi connectivity index (χ1n) is 5.76. The Morgan fingerprint density at radius 2 is 2.39 bits per heavy atom. The Hall–Kier alpha value is -1.87. The van der Waals surface area contributed by atoms with Crippen LogP contribution in [-0.4, -0.2) is 28.9 Å². The minimum absolute atomic E-state index is 0.0251. The molecule has 0 aliphatic heterocycles. The fourth-order valence-corrected chi connectivity index (χ4v) is 2.24. The van der Waals surface area contributed by atoms with Crippen molar-refractivity contribution < 1.29 is 9.50 Å². The number of alkyl halides is 1. The van der Waals surface area contributed by atoms with Crippen molar-refractivity contribution in [3.05, 3.63) is 17.8 Å². The number of nitrogens with zero attached hydrogens (tertiary/aromatic N) is 2. The molecule has 18 heavy (non-hydrogen) atoms. The predicted molar refractivity (Wildman–Crippen MR) is 65.5 cm³/mol. The molecule has 2 rings (SSSR count). The Balaban J connectivity index is 2.00. The summed E-state index contributed by atoms with van der Waals surface area (Å²) in [5, 5.41) is 20.7. The number of hydrogen-bond donors (Lipinski definition) is 3. The smallest absolute Gasteiger partial charge is 0.143 e. The first-order valence-corrected chi connectivity index (χ1v) is 5.76. The van der Waals surface area contributed by atoms with E-state index in [9.17, 15) is 4.39 Å². The quantitative estimate of drug-likeness (QED) is 0.742. The second-order valence-corrected chi connectivity index (χ2v) is 4.69. The standard InChI is InChI=1S/C12H15FN4O/c13-12(3-8(4-12)6-18)7-17-10-1-2-16-11(15)9(10)5-14/h1-2,8,18H,3-4,6-7H2,(H3,15,16,17). The van der Waals surface area contributed by atoms with Crippen LogP contribution in [0.1, 0.15) is 18.4 Å². The van der Waals surface area contributed by atoms with Crippen molar-refractivity contribution in [2.45, 2.75) is 18.5 Å². The van der Waals surface area contributed by atoms with E-state index in [1.54, 1.807) is 6.07 Å². The third kappa shape index (κ3) is 2.36. The van der Waals surface area contributed by atoms with Crippen molar-refractivity contribution in [3.8, 4) is 6.07 Å². The minimum atomic E-state index is -1.31. The van der Waals surface area contributed by atoms with Gasteiger partial charge in [-0.15, -0.1) is 0 Å². The zero-order chi connectivity index (χ0) is 13.2. The highest BCUT2D eigenvalue weighted by atomic mass is 19.1. The summed E-state index contributed by atoms with van der Waals surface area (Å²) in [6.07, 6.45) is 2.17. The summed E-state index contributed by atoms with van der Waals surface area (Å²) in [5.41, 5.74) is 4.98. The lowest BCUT2D eigenvalue weighted by atomic mass is 9.72. The maximum absolute atomic E-state index is 14.1. The van der Waals surface area contributed by atoms with Crippen LogP contribution < -0.4 is 11.1 Å². The highest BCUT2D eigenvalue weighted by molar-refractivity contribution is 5.66. The van der Waals surface area contributed by atoms with Crippen molar-refractivity contribution in [1.82, 2.24) is 4.98 Å². The number of nitriles is 1. The van der Waals surface area contributed by atoms with E-state index in [1.165, 1.54) is 6.20 Å². The minimum Gasteiger partial charge on any atom is -0.396 e. The van der Waals surface area contributed by atoms with Crippen LogP contribution in [0.4, 0.5) is 15.9 Å². The molecule has 0 spiro atoms. The van der Waals surface area contributed by atoms with E-state index >= 15 is 0 Å². The summed E-state index contributed by atoms with van der Waals surface area (Å²) in [5.74, 6) is 0.187. The zero-order valence-corrected chi connectivity index (χ0v) is 9.86. The van der Waals surface area contributed by atoms with E-state index in [-0.39, 0.29) is 30.5 Å². The third-order valence-electron chi connectivity index (χ3n) is 3.25. The Kier molecular flexibility index (Phi) is 3.34. The number of aliphatic hydroxyl groups excluding tert-OH is 1. The van der Waals surface area contributed by atoms with E-state index < -0.39 is 5.67 Å². The van der Waals surface area contributed by atoms with Crippen molar-refractivity contribution in [3.63, 3.8) is 0 Å². The Bertz CT molecular complexity index is 479. The molecule has 0 unspecified atom stereocenters. The monoisotopic (exact) mass is 250 g/mol. The summed E-state index contributed by atoms with van der Waals surface area (Å²) in [4.78, 5) is 3.80. The fraction of sp³-hybridized carbons (Fsp3) is 0.500. The molecule has 1 fully saturated rings. The van der Waals surface area contributed by atoms with Gasteiger partial charge in [-0.25, -0.2) is 9.37 Å². The molecule has 0 saturated heterocycles. The van der Waals surface area contributed by atoms with Gasteiger partial charge in [0.2, 0.25) is 0 Å². The maximum atomic E-state index is 14.1. The first-order chi connectivity index (χ1) is 8.58. The SMILES string of the molecule is N#Cc1c(NCC2(F)CC(CO)C2)ccnc1N. The van der Waals surface area contributed by atoms with E-state index in [0.29, 0.717) is 18.5 Å². The lowest BCUT2D eigenvalue weighted by molar-refractivity contribution is -0.00754.